The molecule has 0 unspecified atom stereocenters. The van der Waals surface area contributed by atoms with Crippen molar-refractivity contribution in [2.24, 2.45) is 0 Å². The fraction of sp³-hybridized carbons (Fsp3) is 0.500. The Morgan fingerprint density at radius 1 is 1.10 bits per heavy atom. The Labute approximate surface area is 120 Å². The number of sulfonamides is 1. The second-order valence-corrected chi connectivity index (χ2v) is 9.18. The van der Waals surface area contributed by atoms with Gasteiger partial charge in [-0.15, -0.1) is 0 Å². The smallest absolute Gasteiger partial charge is 0.243 e. The third-order valence-electron chi connectivity index (χ3n) is 2.93. The Morgan fingerprint density at radius 2 is 1.55 bits per heavy atom. The number of benzene rings is 1. The van der Waals surface area contributed by atoms with Crippen molar-refractivity contribution < 1.29 is 16.8 Å². The largest absolute Gasteiger partial charge is 0.399 e. The molecule has 0 fully saturated rings. The predicted molar refractivity (Wildman–Crippen MR) is 79.9 cm³/mol. The normalized spacial score (nSPS) is 12.8. The van der Waals surface area contributed by atoms with Crippen LogP contribution in [0.15, 0.2) is 17.0 Å². The maximum atomic E-state index is 12.5. The van der Waals surface area contributed by atoms with Crippen molar-refractivity contribution in [2.45, 2.75) is 18.7 Å². The summed E-state index contributed by atoms with van der Waals surface area (Å²) in [4.78, 5) is 0.183. The Bertz CT molecular complexity index is 686. The molecule has 114 valence electrons. The van der Waals surface area contributed by atoms with Crippen LogP contribution in [-0.2, 0) is 19.9 Å². The van der Waals surface area contributed by atoms with Gasteiger partial charge in [0.15, 0.2) is 0 Å². The molecule has 0 aliphatic heterocycles. The van der Waals surface area contributed by atoms with Gasteiger partial charge in [-0.25, -0.2) is 16.8 Å². The predicted octanol–water partition coefficient (Wildman–Crippen LogP) is 0.551. The molecule has 1 aromatic rings. The lowest BCUT2D eigenvalue weighted by molar-refractivity contribution is 0.484. The van der Waals surface area contributed by atoms with Crippen LogP contribution in [0, 0.1) is 13.8 Å². The fourth-order valence-electron chi connectivity index (χ4n) is 1.96. The highest BCUT2D eigenvalue weighted by Crippen LogP contribution is 2.25. The maximum Gasteiger partial charge on any atom is 0.243 e. The van der Waals surface area contributed by atoms with Crippen molar-refractivity contribution in [3.8, 4) is 0 Å². The number of hydrogen-bond donors (Lipinski definition) is 1. The number of aryl methyl sites for hydroxylation is 2. The zero-order valence-electron chi connectivity index (χ0n) is 12.0. The summed E-state index contributed by atoms with van der Waals surface area (Å²) in [6.07, 6.45) is 1.08. The third kappa shape index (κ3) is 3.94. The van der Waals surface area contributed by atoms with Gasteiger partial charge in [0.2, 0.25) is 10.0 Å². The molecule has 0 atom stereocenters. The first-order valence-electron chi connectivity index (χ1n) is 5.96. The summed E-state index contributed by atoms with van der Waals surface area (Å²) in [5.41, 5.74) is 7.27. The van der Waals surface area contributed by atoms with E-state index in [1.165, 1.54) is 7.05 Å². The van der Waals surface area contributed by atoms with Gasteiger partial charge < -0.3 is 5.73 Å². The number of rotatable bonds is 5. The van der Waals surface area contributed by atoms with Gasteiger partial charge in [0.25, 0.3) is 0 Å². The van der Waals surface area contributed by atoms with Gasteiger partial charge in [-0.3, -0.25) is 0 Å². The molecule has 2 N–H and O–H groups in total. The van der Waals surface area contributed by atoms with E-state index in [0.717, 1.165) is 10.6 Å². The lowest BCUT2D eigenvalue weighted by Gasteiger charge is -2.20. The van der Waals surface area contributed by atoms with Crippen LogP contribution < -0.4 is 5.73 Å². The van der Waals surface area contributed by atoms with E-state index in [9.17, 15) is 16.8 Å². The van der Waals surface area contributed by atoms with Gasteiger partial charge in [-0.05, 0) is 37.1 Å². The second-order valence-electron chi connectivity index (χ2n) is 4.94. The lowest BCUT2D eigenvalue weighted by atomic mass is 10.1. The first-order chi connectivity index (χ1) is 8.95. The Balaban J connectivity index is 3.18. The first kappa shape index (κ1) is 16.9. The van der Waals surface area contributed by atoms with Gasteiger partial charge in [0.05, 0.1) is 10.6 Å². The van der Waals surface area contributed by atoms with Gasteiger partial charge >= 0.3 is 0 Å². The molecule has 1 rings (SSSR count). The molecule has 0 aliphatic carbocycles. The maximum absolute atomic E-state index is 12.5. The average molecular weight is 320 g/mol. The van der Waals surface area contributed by atoms with Gasteiger partial charge in [-0.2, -0.15) is 4.31 Å². The minimum Gasteiger partial charge on any atom is -0.399 e. The van der Waals surface area contributed by atoms with Gasteiger partial charge in [-0.1, -0.05) is 0 Å². The van der Waals surface area contributed by atoms with Crippen molar-refractivity contribution in [2.75, 3.05) is 31.3 Å². The lowest BCUT2D eigenvalue weighted by Crippen LogP contribution is -2.32. The highest BCUT2D eigenvalue weighted by molar-refractivity contribution is 7.91. The number of nitrogens with two attached hydrogens (primary N) is 1. The molecule has 1 aromatic carbocycles. The summed E-state index contributed by atoms with van der Waals surface area (Å²) in [5, 5.41) is 0. The molecular formula is C12H20N2O4S2. The summed E-state index contributed by atoms with van der Waals surface area (Å²) in [5.74, 6) is -0.213. The van der Waals surface area contributed by atoms with E-state index in [0.29, 0.717) is 16.8 Å². The molecule has 0 saturated heterocycles. The third-order valence-corrected chi connectivity index (χ3v) is 6.02. The molecule has 0 aliphatic rings. The topological polar surface area (TPSA) is 97.5 Å². The van der Waals surface area contributed by atoms with Gasteiger partial charge in [0.1, 0.15) is 9.84 Å². The number of hydrogen-bond acceptors (Lipinski definition) is 5. The van der Waals surface area contributed by atoms with E-state index >= 15 is 0 Å². The summed E-state index contributed by atoms with van der Waals surface area (Å²) in [6.45, 7) is 3.26. The van der Waals surface area contributed by atoms with Crippen molar-refractivity contribution >= 4 is 25.5 Å². The molecule has 0 saturated carbocycles. The number of nitrogens with zero attached hydrogens (tertiary/aromatic N) is 1. The molecule has 6 nitrogen and oxygen atoms in total. The van der Waals surface area contributed by atoms with Crippen molar-refractivity contribution in [1.29, 1.82) is 0 Å². The van der Waals surface area contributed by atoms with Crippen LogP contribution in [0.4, 0.5) is 5.69 Å². The molecule has 20 heavy (non-hydrogen) atoms. The van der Waals surface area contributed by atoms with E-state index in [-0.39, 0.29) is 17.2 Å². The van der Waals surface area contributed by atoms with E-state index in [1.807, 2.05) is 0 Å². The monoisotopic (exact) mass is 320 g/mol. The average Bonchev–Trinajstić information content (AvgIpc) is 2.22. The molecule has 8 heteroatoms. The van der Waals surface area contributed by atoms with Crippen molar-refractivity contribution in [1.82, 2.24) is 4.31 Å². The van der Waals surface area contributed by atoms with Crippen LogP contribution in [0.25, 0.3) is 0 Å². The van der Waals surface area contributed by atoms with Crippen LogP contribution in [0.3, 0.4) is 0 Å². The minimum atomic E-state index is -3.73. The highest BCUT2D eigenvalue weighted by Gasteiger charge is 2.25. The summed E-state index contributed by atoms with van der Waals surface area (Å²) in [7, 11) is -5.57. The molecule has 0 bridgehead atoms. The van der Waals surface area contributed by atoms with Crippen molar-refractivity contribution in [3.63, 3.8) is 0 Å². The zero-order valence-corrected chi connectivity index (χ0v) is 13.7. The standard InChI is InChI=1S/C12H20N2O4S2/c1-9-7-11(13)8-10(2)12(9)20(17,18)14(3)5-6-19(4,15)16/h7-8H,5-6,13H2,1-4H3. The SMILES string of the molecule is Cc1cc(N)cc(C)c1S(=O)(=O)N(C)CCS(C)(=O)=O. The van der Waals surface area contributed by atoms with Crippen LogP contribution in [-0.4, -0.2) is 46.7 Å². The van der Waals surface area contributed by atoms with E-state index < -0.39 is 19.9 Å². The quantitative estimate of drug-likeness (QED) is 0.799. The molecule has 0 radical (unpaired) electrons. The summed E-state index contributed by atoms with van der Waals surface area (Å²) >= 11 is 0. The number of nitrogen functional groups attached to an aromatic ring is 1. The van der Waals surface area contributed by atoms with Crippen LogP contribution in [0.2, 0.25) is 0 Å². The molecule has 0 amide bonds. The zero-order chi connectivity index (χ0) is 15.7. The van der Waals surface area contributed by atoms with Crippen LogP contribution in [0.5, 0.6) is 0 Å². The van der Waals surface area contributed by atoms with Crippen LogP contribution >= 0.6 is 0 Å². The fourth-order valence-corrected chi connectivity index (χ4v) is 4.26. The molecule has 0 heterocycles. The van der Waals surface area contributed by atoms with Gasteiger partial charge in [0, 0.05) is 25.5 Å². The van der Waals surface area contributed by atoms with Crippen LogP contribution in [0.1, 0.15) is 11.1 Å². The Kier molecular flexibility index (Phi) is 4.83. The van der Waals surface area contributed by atoms with E-state index in [1.54, 1.807) is 26.0 Å². The molecule has 0 spiro atoms. The molecular weight excluding hydrogens is 300 g/mol. The Hall–Kier alpha value is -1.12. The molecule has 0 aromatic heterocycles. The highest BCUT2D eigenvalue weighted by atomic mass is 32.2. The number of sulfone groups is 1. The van der Waals surface area contributed by atoms with E-state index in [4.69, 9.17) is 5.73 Å². The Morgan fingerprint density at radius 3 is 1.95 bits per heavy atom. The summed E-state index contributed by atoms with van der Waals surface area (Å²) < 4.78 is 48.3. The second kappa shape index (κ2) is 5.71. The van der Waals surface area contributed by atoms with E-state index in [2.05, 4.69) is 0 Å². The minimum absolute atomic E-state index is 0.0789. The summed E-state index contributed by atoms with van der Waals surface area (Å²) in [6, 6.07) is 3.18. The first-order valence-corrected chi connectivity index (χ1v) is 9.46. The van der Waals surface area contributed by atoms with Crippen molar-refractivity contribution in [3.05, 3.63) is 23.3 Å². The number of anilines is 1.